The molecule has 0 spiro atoms. The van der Waals surface area contributed by atoms with Gasteiger partial charge in [-0.25, -0.2) is 4.79 Å². The number of imide groups is 2. The van der Waals surface area contributed by atoms with Gasteiger partial charge < -0.3 is 0 Å². The van der Waals surface area contributed by atoms with Gasteiger partial charge in [0.1, 0.15) is 5.41 Å². The minimum absolute atomic E-state index is 0.0729. The number of amides is 4. The minimum atomic E-state index is -1.15. The van der Waals surface area contributed by atoms with E-state index in [0.717, 1.165) is 25.7 Å². The third-order valence-corrected chi connectivity index (χ3v) is 4.47. The van der Waals surface area contributed by atoms with Crippen LogP contribution in [0.4, 0.5) is 4.79 Å². The highest BCUT2D eigenvalue weighted by Crippen LogP contribution is 2.45. The summed E-state index contributed by atoms with van der Waals surface area (Å²) in [7, 11) is 0. The molecule has 1 saturated heterocycles. The highest BCUT2D eigenvalue weighted by Gasteiger charge is 2.49. The van der Waals surface area contributed by atoms with Crippen molar-refractivity contribution in [3.8, 4) is 0 Å². The van der Waals surface area contributed by atoms with Gasteiger partial charge in [0.05, 0.1) is 0 Å². The minimum Gasteiger partial charge on any atom is -0.277 e. The van der Waals surface area contributed by atoms with E-state index in [1.807, 2.05) is 0 Å². The summed E-state index contributed by atoms with van der Waals surface area (Å²) in [5.41, 5.74) is -1.07. The maximum atomic E-state index is 12.2. The fourth-order valence-electron chi connectivity index (χ4n) is 2.63. The van der Waals surface area contributed by atoms with E-state index in [-0.39, 0.29) is 11.3 Å². The first-order valence-corrected chi connectivity index (χ1v) is 6.50. The summed E-state index contributed by atoms with van der Waals surface area (Å²) in [6.45, 7) is 5.64. The van der Waals surface area contributed by atoms with E-state index in [4.69, 9.17) is 0 Å². The lowest BCUT2D eigenvalue weighted by atomic mass is 9.66. The molecule has 0 bridgehead atoms. The standard InChI is InChI=1S/C13H20N2O3/c1-4-13(6-5-7-13)8-15-10(17)12(2,3)9(16)14-11(15)18/h4-8H2,1-3H3,(H,14,16,18). The van der Waals surface area contributed by atoms with Gasteiger partial charge in [-0.15, -0.1) is 0 Å². The van der Waals surface area contributed by atoms with E-state index in [1.165, 1.54) is 4.90 Å². The Labute approximate surface area is 107 Å². The molecular weight excluding hydrogens is 232 g/mol. The third kappa shape index (κ3) is 1.82. The Bertz CT molecular complexity index is 405. The molecule has 1 aliphatic heterocycles. The molecule has 2 rings (SSSR count). The number of nitrogens with one attached hydrogen (secondary N) is 1. The van der Waals surface area contributed by atoms with E-state index in [0.29, 0.717) is 6.54 Å². The monoisotopic (exact) mass is 252 g/mol. The lowest BCUT2D eigenvalue weighted by Gasteiger charge is -2.46. The Morgan fingerprint density at radius 1 is 1.22 bits per heavy atom. The van der Waals surface area contributed by atoms with Crippen LogP contribution >= 0.6 is 0 Å². The number of carbonyl (C=O) groups is 3. The van der Waals surface area contributed by atoms with Crippen LogP contribution in [-0.2, 0) is 9.59 Å². The quantitative estimate of drug-likeness (QED) is 0.777. The van der Waals surface area contributed by atoms with E-state index in [9.17, 15) is 14.4 Å². The lowest BCUT2D eigenvalue weighted by molar-refractivity contribution is -0.150. The summed E-state index contributed by atoms with van der Waals surface area (Å²) in [4.78, 5) is 36.9. The lowest BCUT2D eigenvalue weighted by Crippen LogP contribution is -2.64. The van der Waals surface area contributed by atoms with E-state index < -0.39 is 17.4 Å². The molecule has 0 aromatic heterocycles. The van der Waals surface area contributed by atoms with Crippen molar-refractivity contribution in [3.63, 3.8) is 0 Å². The number of nitrogens with zero attached hydrogens (tertiary/aromatic N) is 1. The fourth-order valence-corrected chi connectivity index (χ4v) is 2.63. The van der Waals surface area contributed by atoms with Crippen molar-refractivity contribution in [1.29, 1.82) is 0 Å². The molecule has 2 aliphatic rings. The molecule has 18 heavy (non-hydrogen) atoms. The second-order valence-electron chi connectivity index (χ2n) is 5.98. The van der Waals surface area contributed by atoms with Crippen LogP contribution < -0.4 is 5.32 Å². The Morgan fingerprint density at radius 3 is 2.28 bits per heavy atom. The molecule has 100 valence electrons. The zero-order valence-corrected chi connectivity index (χ0v) is 11.2. The molecule has 2 fully saturated rings. The molecule has 0 atom stereocenters. The smallest absolute Gasteiger partial charge is 0.277 e. The summed E-state index contributed by atoms with van der Waals surface area (Å²) in [6.07, 6.45) is 4.21. The largest absolute Gasteiger partial charge is 0.330 e. The van der Waals surface area contributed by atoms with Crippen molar-refractivity contribution in [3.05, 3.63) is 0 Å². The zero-order valence-electron chi connectivity index (χ0n) is 11.2. The Morgan fingerprint density at radius 2 is 1.83 bits per heavy atom. The predicted molar refractivity (Wildman–Crippen MR) is 65.6 cm³/mol. The van der Waals surface area contributed by atoms with Gasteiger partial charge in [0, 0.05) is 6.54 Å². The van der Waals surface area contributed by atoms with Gasteiger partial charge in [-0.2, -0.15) is 0 Å². The zero-order chi connectivity index (χ0) is 13.6. The first-order chi connectivity index (χ1) is 8.32. The van der Waals surface area contributed by atoms with Crippen LogP contribution in [0.3, 0.4) is 0 Å². The van der Waals surface area contributed by atoms with Crippen molar-refractivity contribution < 1.29 is 14.4 Å². The number of hydrogen-bond acceptors (Lipinski definition) is 3. The highest BCUT2D eigenvalue weighted by atomic mass is 16.2. The summed E-state index contributed by atoms with van der Waals surface area (Å²) < 4.78 is 0. The molecule has 0 unspecified atom stereocenters. The van der Waals surface area contributed by atoms with Gasteiger partial charge in [0.15, 0.2) is 0 Å². The van der Waals surface area contributed by atoms with Gasteiger partial charge in [-0.1, -0.05) is 13.3 Å². The molecule has 1 aliphatic carbocycles. The summed E-state index contributed by atoms with van der Waals surface area (Å²) >= 11 is 0. The van der Waals surface area contributed by atoms with Crippen molar-refractivity contribution in [2.45, 2.75) is 46.5 Å². The molecule has 5 heteroatoms. The number of urea groups is 1. The normalized spacial score (nSPS) is 25.7. The van der Waals surface area contributed by atoms with Gasteiger partial charge in [0.2, 0.25) is 11.8 Å². The number of barbiturate groups is 1. The van der Waals surface area contributed by atoms with Crippen LogP contribution in [0, 0.1) is 10.8 Å². The van der Waals surface area contributed by atoms with Gasteiger partial charge in [-0.3, -0.25) is 19.8 Å². The average Bonchev–Trinajstić information content (AvgIpc) is 2.25. The number of carbonyl (C=O) groups excluding carboxylic acids is 3. The molecule has 1 N–H and O–H groups in total. The molecule has 0 aromatic carbocycles. The van der Waals surface area contributed by atoms with Crippen molar-refractivity contribution in [2.75, 3.05) is 6.54 Å². The van der Waals surface area contributed by atoms with Crippen LogP contribution in [-0.4, -0.2) is 29.3 Å². The van der Waals surface area contributed by atoms with Crippen molar-refractivity contribution in [1.82, 2.24) is 10.2 Å². The fraction of sp³-hybridized carbons (Fsp3) is 0.769. The molecule has 4 amide bonds. The molecular formula is C13H20N2O3. The van der Waals surface area contributed by atoms with Gasteiger partial charge in [0.25, 0.3) is 0 Å². The van der Waals surface area contributed by atoms with Crippen LogP contribution in [0.5, 0.6) is 0 Å². The van der Waals surface area contributed by atoms with Crippen molar-refractivity contribution in [2.24, 2.45) is 10.8 Å². The number of hydrogen-bond donors (Lipinski definition) is 1. The molecule has 0 aromatic rings. The van der Waals surface area contributed by atoms with Crippen LogP contribution in [0.15, 0.2) is 0 Å². The molecule has 5 nitrogen and oxygen atoms in total. The third-order valence-electron chi connectivity index (χ3n) is 4.47. The van der Waals surface area contributed by atoms with Crippen molar-refractivity contribution >= 4 is 17.8 Å². The maximum absolute atomic E-state index is 12.2. The molecule has 0 radical (unpaired) electrons. The Balaban J connectivity index is 2.19. The van der Waals surface area contributed by atoms with Crippen LogP contribution in [0.25, 0.3) is 0 Å². The topological polar surface area (TPSA) is 66.5 Å². The summed E-state index contributed by atoms with van der Waals surface area (Å²) in [5, 5.41) is 2.27. The SMILES string of the molecule is CCC1(CN2C(=O)NC(=O)C(C)(C)C2=O)CCC1. The maximum Gasteiger partial charge on any atom is 0.330 e. The first kappa shape index (κ1) is 13.1. The Hall–Kier alpha value is -1.39. The average molecular weight is 252 g/mol. The van der Waals surface area contributed by atoms with Gasteiger partial charge >= 0.3 is 6.03 Å². The first-order valence-electron chi connectivity index (χ1n) is 6.50. The van der Waals surface area contributed by atoms with E-state index in [2.05, 4.69) is 12.2 Å². The van der Waals surface area contributed by atoms with Gasteiger partial charge in [-0.05, 0) is 38.5 Å². The molecule has 1 heterocycles. The predicted octanol–water partition coefficient (Wildman–Crippen LogP) is 1.67. The Kier molecular flexibility index (Phi) is 2.95. The van der Waals surface area contributed by atoms with Crippen LogP contribution in [0.2, 0.25) is 0 Å². The second kappa shape index (κ2) is 4.07. The summed E-state index contributed by atoms with van der Waals surface area (Å²) in [5.74, 6) is -0.885. The van der Waals surface area contributed by atoms with E-state index >= 15 is 0 Å². The number of rotatable bonds is 3. The van der Waals surface area contributed by atoms with E-state index in [1.54, 1.807) is 13.8 Å². The second-order valence-corrected chi connectivity index (χ2v) is 5.98. The molecule has 1 saturated carbocycles. The van der Waals surface area contributed by atoms with Crippen LogP contribution in [0.1, 0.15) is 46.5 Å². The highest BCUT2D eigenvalue weighted by molar-refractivity contribution is 6.18. The summed E-state index contributed by atoms with van der Waals surface area (Å²) in [6, 6.07) is -0.566.